The summed E-state index contributed by atoms with van der Waals surface area (Å²) in [4.78, 5) is 13.1. The largest absolute Gasteiger partial charge is 0.476 e. The van der Waals surface area contributed by atoms with Gasteiger partial charge >= 0.3 is 0 Å². The molecule has 1 amide bonds. The number of aryl methyl sites for hydroxylation is 1. The molecule has 4 rings (SSSR count). The molecule has 154 valence electrons. The van der Waals surface area contributed by atoms with Gasteiger partial charge in [-0.1, -0.05) is 49.1 Å². The summed E-state index contributed by atoms with van der Waals surface area (Å²) in [7, 11) is -3.82. The maximum absolute atomic E-state index is 13.4. The molecule has 7 heteroatoms. The van der Waals surface area contributed by atoms with E-state index in [4.69, 9.17) is 4.74 Å². The molecule has 0 saturated heterocycles. The number of benzene rings is 2. The summed E-state index contributed by atoms with van der Waals surface area (Å²) in [6, 6.07) is 13.8. The van der Waals surface area contributed by atoms with Crippen molar-refractivity contribution in [3.63, 3.8) is 0 Å². The first-order chi connectivity index (χ1) is 13.9. The van der Waals surface area contributed by atoms with Crippen LogP contribution in [0.1, 0.15) is 37.7 Å². The highest BCUT2D eigenvalue weighted by atomic mass is 32.2. The van der Waals surface area contributed by atoms with Gasteiger partial charge in [0.15, 0.2) is 6.10 Å². The number of sulfonamides is 1. The number of hydrogen-bond acceptors (Lipinski definition) is 4. The molecule has 1 fully saturated rings. The minimum absolute atomic E-state index is 0.0498. The van der Waals surface area contributed by atoms with Crippen LogP contribution in [0.5, 0.6) is 5.75 Å². The Bertz CT molecular complexity index is 982. The van der Waals surface area contributed by atoms with Crippen LogP contribution in [0.3, 0.4) is 0 Å². The van der Waals surface area contributed by atoms with E-state index >= 15 is 0 Å². The van der Waals surface area contributed by atoms with Crippen LogP contribution in [-0.4, -0.2) is 33.0 Å². The van der Waals surface area contributed by atoms with E-state index in [0.29, 0.717) is 11.4 Å². The molecule has 1 aliphatic heterocycles. The quantitative estimate of drug-likeness (QED) is 0.832. The highest BCUT2D eigenvalue weighted by Crippen LogP contribution is 2.37. The number of ether oxygens (including phenoxy) is 1. The van der Waals surface area contributed by atoms with Gasteiger partial charge in [-0.15, -0.1) is 0 Å². The smallest absolute Gasteiger partial charge is 0.264 e. The minimum Gasteiger partial charge on any atom is -0.476 e. The topological polar surface area (TPSA) is 75.7 Å². The Morgan fingerprint density at radius 2 is 1.72 bits per heavy atom. The van der Waals surface area contributed by atoms with E-state index in [1.165, 1.54) is 10.7 Å². The summed E-state index contributed by atoms with van der Waals surface area (Å²) in [5.41, 5.74) is 1.44. The van der Waals surface area contributed by atoms with Crippen molar-refractivity contribution in [1.82, 2.24) is 5.32 Å². The number of anilines is 1. The predicted molar refractivity (Wildman–Crippen MR) is 112 cm³/mol. The molecule has 0 bridgehead atoms. The third-order valence-corrected chi connectivity index (χ3v) is 7.38. The maximum Gasteiger partial charge on any atom is 0.264 e. The van der Waals surface area contributed by atoms with Crippen LogP contribution in [-0.2, 0) is 14.8 Å². The van der Waals surface area contributed by atoms with Crippen molar-refractivity contribution in [1.29, 1.82) is 0 Å². The van der Waals surface area contributed by atoms with Crippen molar-refractivity contribution in [2.45, 2.75) is 56.1 Å². The second-order valence-electron chi connectivity index (χ2n) is 7.77. The van der Waals surface area contributed by atoms with Crippen molar-refractivity contribution in [2.24, 2.45) is 0 Å². The number of para-hydroxylation sites is 2. The average Bonchev–Trinajstić information content (AvgIpc) is 2.74. The van der Waals surface area contributed by atoms with Crippen LogP contribution in [0, 0.1) is 6.92 Å². The molecule has 6 nitrogen and oxygen atoms in total. The first kappa shape index (κ1) is 19.8. The molecule has 1 saturated carbocycles. The van der Waals surface area contributed by atoms with Gasteiger partial charge in [0.25, 0.3) is 15.9 Å². The van der Waals surface area contributed by atoms with E-state index in [-0.39, 0.29) is 23.4 Å². The summed E-state index contributed by atoms with van der Waals surface area (Å²) >= 11 is 0. The molecule has 2 aliphatic rings. The van der Waals surface area contributed by atoms with E-state index in [2.05, 4.69) is 5.32 Å². The lowest BCUT2D eigenvalue weighted by molar-refractivity contribution is -0.128. The van der Waals surface area contributed by atoms with Crippen molar-refractivity contribution in [3.8, 4) is 5.75 Å². The monoisotopic (exact) mass is 414 g/mol. The van der Waals surface area contributed by atoms with Crippen molar-refractivity contribution >= 4 is 21.6 Å². The summed E-state index contributed by atoms with van der Waals surface area (Å²) in [6.45, 7) is 1.86. The van der Waals surface area contributed by atoms with Crippen LogP contribution < -0.4 is 14.4 Å². The Balaban J connectivity index is 1.62. The van der Waals surface area contributed by atoms with Gasteiger partial charge in [-0.3, -0.25) is 9.10 Å². The molecular formula is C22H26N2O4S. The van der Waals surface area contributed by atoms with Crippen LogP contribution in [0.25, 0.3) is 0 Å². The van der Waals surface area contributed by atoms with Crippen molar-refractivity contribution in [2.75, 3.05) is 10.8 Å². The molecular weight excluding hydrogens is 388 g/mol. The van der Waals surface area contributed by atoms with Crippen molar-refractivity contribution in [3.05, 3.63) is 54.1 Å². The molecule has 0 radical (unpaired) electrons. The second-order valence-corrected chi connectivity index (χ2v) is 9.63. The van der Waals surface area contributed by atoms with Crippen molar-refractivity contribution < 1.29 is 17.9 Å². The molecule has 1 N–H and O–H groups in total. The Labute approximate surface area is 171 Å². The lowest BCUT2D eigenvalue weighted by atomic mass is 9.95. The van der Waals surface area contributed by atoms with Crippen LogP contribution in [0.4, 0.5) is 5.69 Å². The highest BCUT2D eigenvalue weighted by Gasteiger charge is 2.38. The van der Waals surface area contributed by atoms with E-state index < -0.39 is 16.1 Å². The minimum atomic E-state index is -3.82. The lowest BCUT2D eigenvalue weighted by Gasteiger charge is -2.35. The Morgan fingerprint density at radius 1 is 1.03 bits per heavy atom. The number of amides is 1. The third kappa shape index (κ3) is 4.10. The van der Waals surface area contributed by atoms with Gasteiger partial charge in [-0.05, 0) is 44.0 Å². The fraction of sp³-hybridized carbons (Fsp3) is 0.409. The fourth-order valence-corrected chi connectivity index (χ4v) is 5.42. The summed E-state index contributed by atoms with van der Waals surface area (Å²) in [5.74, 6) is 0.147. The number of nitrogens with zero attached hydrogens (tertiary/aromatic N) is 1. The van der Waals surface area contributed by atoms with Gasteiger partial charge in [0, 0.05) is 6.04 Å². The predicted octanol–water partition coefficient (Wildman–Crippen LogP) is 3.40. The molecule has 0 unspecified atom stereocenters. The molecule has 0 spiro atoms. The lowest BCUT2D eigenvalue weighted by Crippen LogP contribution is -2.52. The molecule has 0 aromatic heterocycles. The third-order valence-electron chi connectivity index (χ3n) is 5.59. The molecule has 1 atom stereocenters. The summed E-state index contributed by atoms with van der Waals surface area (Å²) < 4.78 is 33.9. The zero-order valence-corrected chi connectivity index (χ0v) is 17.3. The summed E-state index contributed by atoms with van der Waals surface area (Å²) in [5, 5.41) is 3.05. The van der Waals surface area contributed by atoms with Gasteiger partial charge in [0.1, 0.15) is 5.75 Å². The summed E-state index contributed by atoms with van der Waals surface area (Å²) in [6.07, 6.45) is 4.44. The fourth-order valence-electron chi connectivity index (χ4n) is 3.94. The first-order valence-corrected chi connectivity index (χ1v) is 11.5. The van der Waals surface area contributed by atoms with E-state index in [0.717, 1.165) is 31.2 Å². The Hall–Kier alpha value is -2.54. The number of fused-ring (bicyclic) bond motifs is 1. The number of hydrogen-bond donors (Lipinski definition) is 1. The zero-order valence-electron chi connectivity index (χ0n) is 16.5. The number of nitrogens with one attached hydrogen (secondary N) is 1. The maximum atomic E-state index is 13.4. The average molecular weight is 415 g/mol. The van der Waals surface area contributed by atoms with Crippen LogP contribution in [0.15, 0.2) is 53.4 Å². The van der Waals surface area contributed by atoms with Gasteiger partial charge in [0.05, 0.1) is 17.1 Å². The standard InChI is InChI=1S/C22H26N2O4S/c1-16-11-13-18(14-12-16)29(26,27)24-15-21(28-20-10-6-5-9-19(20)24)22(25)23-17-7-3-2-4-8-17/h5-6,9-14,17,21H,2-4,7-8,15H2,1H3,(H,23,25)/t21-/m0/s1. The van der Waals surface area contributed by atoms with Gasteiger partial charge < -0.3 is 10.1 Å². The zero-order chi connectivity index (χ0) is 20.4. The van der Waals surface area contributed by atoms with Gasteiger partial charge in [0.2, 0.25) is 0 Å². The molecule has 2 aromatic carbocycles. The highest BCUT2D eigenvalue weighted by molar-refractivity contribution is 7.92. The SMILES string of the molecule is Cc1ccc(S(=O)(=O)N2C[C@@H](C(=O)NC3CCCCC3)Oc3ccccc32)cc1. The molecule has 2 aromatic rings. The number of carbonyl (C=O) groups is 1. The first-order valence-electron chi connectivity index (χ1n) is 10.1. The number of rotatable bonds is 4. The van der Waals surface area contributed by atoms with Gasteiger partial charge in [-0.2, -0.15) is 0 Å². The van der Waals surface area contributed by atoms with Crippen LogP contribution >= 0.6 is 0 Å². The Kier molecular flexibility index (Phi) is 5.50. The normalized spacial score (nSPS) is 19.9. The van der Waals surface area contributed by atoms with E-state index in [9.17, 15) is 13.2 Å². The van der Waals surface area contributed by atoms with E-state index in [1.807, 2.05) is 6.92 Å². The second kappa shape index (κ2) is 8.06. The van der Waals surface area contributed by atoms with Gasteiger partial charge in [-0.25, -0.2) is 8.42 Å². The Morgan fingerprint density at radius 3 is 2.45 bits per heavy atom. The number of carbonyl (C=O) groups excluding carboxylic acids is 1. The van der Waals surface area contributed by atoms with Crippen LogP contribution in [0.2, 0.25) is 0 Å². The molecule has 29 heavy (non-hydrogen) atoms. The van der Waals surface area contributed by atoms with E-state index in [1.54, 1.807) is 48.5 Å². The molecule has 1 heterocycles. The molecule has 1 aliphatic carbocycles.